The molecule has 2 aromatic heterocycles. The van der Waals surface area contributed by atoms with E-state index >= 15 is 0 Å². The van der Waals surface area contributed by atoms with E-state index in [-0.39, 0.29) is 5.91 Å². The first-order chi connectivity index (χ1) is 13.4. The molecule has 0 fully saturated rings. The highest BCUT2D eigenvalue weighted by Crippen LogP contribution is 2.24. The molecule has 3 aromatic rings. The molecule has 0 saturated heterocycles. The van der Waals surface area contributed by atoms with Crippen LogP contribution in [0.2, 0.25) is 0 Å². The maximum atomic E-state index is 12.2. The predicted molar refractivity (Wildman–Crippen MR) is 112 cm³/mol. The molecule has 0 bridgehead atoms. The molecule has 0 atom stereocenters. The molecule has 6 nitrogen and oxygen atoms in total. The van der Waals surface area contributed by atoms with Crippen LogP contribution in [-0.2, 0) is 17.8 Å². The van der Waals surface area contributed by atoms with Crippen LogP contribution in [-0.4, -0.2) is 34.9 Å². The van der Waals surface area contributed by atoms with E-state index in [1.165, 1.54) is 16.9 Å². The highest BCUT2D eigenvalue weighted by atomic mass is 32.1. The van der Waals surface area contributed by atoms with Crippen molar-refractivity contribution < 1.29 is 9.21 Å². The molecule has 0 saturated carbocycles. The zero-order valence-corrected chi connectivity index (χ0v) is 17.5. The second-order valence-corrected chi connectivity index (χ2v) is 8.18. The maximum absolute atomic E-state index is 12.2. The van der Waals surface area contributed by atoms with Crippen molar-refractivity contribution in [1.29, 1.82) is 0 Å². The first-order valence-corrected chi connectivity index (χ1v) is 10.2. The molecule has 0 aliphatic carbocycles. The summed E-state index contributed by atoms with van der Waals surface area (Å²) in [5.74, 6) is 1.69. The van der Waals surface area contributed by atoms with Crippen molar-refractivity contribution in [1.82, 2.24) is 14.9 Å². The zero-order valence-electron chi connectivity index (χ0n) is 16.7. The third kappa shape index (κ3) is 5.50. The Kier molecular flexibility index (Phi) is 6.59. The third-order valence-electron chi connectivity index (χ3n) is 4.26. The Morgan fingerprint density at radius 3 is 2.68 bits per heavy atom. The van der Waals surface area contributed by atoms with Crippen LogP contribution < -0.4 is 5.32 Å². The van der Waals surface area contributed by atoms with Gasteiger partial charge in [-0.25, -0.2) is 9.97 Å². The number of rotatable bonds is 8. The molecule has 0 unspecified atom stereocenters. The quantitative estimate of drug-likeness (QED) is 0.602. The molecular weight excluding hydrogens is 372 g/mol. The molecule has 0 spiro atoms. The van der Waals surface area contributed by atoms with Gasteiger partial charge in [0, 0.05) is 30.3 Å². The summed E-state index contributed by atoms with van der Waals surface area (Å²) in [4.78, 5) is 22.9. The van der Waals surface area contributed by atoms with Gasteiger partial charge in [-0.15, -0.1) is 11.3 Å². The minimum absolute atomic E-state index is 0.0909. The van der Waals surface area contributed by atoms with Gasteiger partial charge in [0.1, 0.15) is 0 Å². The molecule has 3 rings (SSSR count). The molecule has 2 heterocycles. The fourth-order valence-electron chi connectivity index (χ4n) is 2.75. The van der Waals surface area contributed by atoms with E-state index in [2.05, 4.69) is 41.3 Å². The van der Waals surface area contributed by atoms with Gasteiger partial charge >= 0.3 is 0 Å². The number of carbonyl (C=O) groups is 1. The Labute approximate surface area is 169 Å². The molecule has 7 heteroatoms. The SMILES string of the molecule is CC(C)c1ccc(-c2cnc(CCC(=O)Nc3nc(CN(C)C)cs3)o2)cc1. The van der Waals surface area contributed by atoms with Crippen LogP contribution in [0.15, 0.2) is 40.3 Å². The Morgan fingerprint density at radius 1 is 1.25 bits per heavy atom. The molecule has 28 heavy (non-hydrogen) atoms. The van der Waals surface area contributed by atoms with Crippen LogP contribution >= 0.6 is 11.3 Å². The smallest absolute Gasteiger partial charge is 0.226 e. The van der Waals surface area contributed by atoms with E-state index in [4.69, 9.17) is 4.42 Å². The number of nitrogens with one attached hydrogen (secondary N) is 1. The lowest BCUT2D eigenvalue weighted by atomic mass is 10.0. The molecular formula is C21H26N4O2S. The van der Waals surface area contributed by atoms with Gasteiger partial charge in [0.05, 0.1) is 11.9 Å². The number of carbonyl (C=O) groups excluding carboxylic acids is 1. The molecule has 1 aromatic carbocycles. The largest absolute Gasteiger partial charge is 0.441 e. The fraction of sp³-hybridized carbons (Fsp3) is 0.381. The van der Waals surface area contributed by atoms with Crippen molar-refractivity contribution in [3.05, 3.63) is 53.0 Å². The number of oxazole rings is 1. The summed E-state index contributed by atoms with van der Waals surface area (Å²) in [7, 11) is 3.97. The monoisotopic (exact) mass is 398 g/mol. The molecule has 0 aliphatic rings. The Hall–Kier alpha value is -2.51. The van der Waals surface area contributed by atoms with Crippen LogP contribution in [0.25, 0.3) is 11.3 Å². The number of anilines is 1. The predicted octanol–water partition coefficient (Wildman–Crippen LogP) is 4.55. The lowest BCUT2D eigenvalue weighted by Gasteiger charge is -2.05. The third-order valence-corrected chi connectivity index (χ3v) is 5.06. The summed E-state index contributed by atoms with van der Waals surface area (Å²) in [5, 5.41) is 5.43. The summed E-state index contributed by atoms with van der Waals surface area (Å²) < 4.78 is 5.81. The van der Waals surface area contributed by atoms with Crippen molar-refractivity contribution in [2.24, 2.45) is 0 Å². The van der Waals surface area contributed by atoms with E-state index in [9.17, 15) is 4.79 Å². The van der Waals surface area contributed by atoms with E-state index < -0.39 is 0 Å². The van der Waals surface area contributed by atoms with Gasteiger partial charge in [0.2, 0.25) is 5.91 Å². The van der Waals surface area contributed by atoms with Crippen molar-refractivity contribution >= 4 is 22.4 Å². The van der Waals surface area contributed by atoms with Gasteiger partial charge in [-0.05, 0) is 25.6 Å². The summed E-state index contributed by atoms with van der Waals surface area (Å²) in [6.07, 6.45) is 2.46. The average molecular weight is 399 g/mol. The minimum Gasteiger partial charge on any atom is -0.441 e. The van der Waals surface area contributed by atoms with Crippen molar-refractivity contribution in [2.75, 3.05) is 19.4 Å². The van der Waals surface area contributed by atoms with Gasteiger partial charge in [-0.3, -0.25) is 4.79 Å². The van der Waals surface area contributed by atoms with Crippen LogP contribution in [0, 0.1) is 0 Å². The van der Waals surface area contributed by atoms with Gasteiger partial charge in [0.25, 0.3) is 0 Å². The van der Waals surface area contributed by atoms with Crippen LogP contribution in [0.4, 0.5) is 5.13 Å². The number of hydrogen-bond donors (Lipinski definition) is 1. The molecule has 1 amide bonds. The topological polar surface area (TPSA) is 71.3 Å². The normalized spacial score (nSPS) is 11.4. The van der Waals surface area contributed by atoms with Crippen LogP contribution in [0.5, 0.6) is 0 Å². The van der Waals surface area contributed by atoms with E-state index in [0.717, 1.165) is 23.6 Å². The van der Waals surface area contributed by atoms with Crippen LogP contribution in [0.1, 0.15) is 43.3 Å². The van der Waals surface area contributed by atoms with E-state index in [1.807, 2.05) is 36.5 Å². The number of amides is 1. The second-order valence-electron chi connectivity index (χ2n) is 7.32. The molecule has 1 N–H and O–H groups in total. The summed E-state index contributed by atoms with van der Waals surface area (Å²) >= 11 is 1.44. The van der Waals surface area contributed by atoms with E-state index in [0.29, 0.717) is 29.8 Å². The lowest BCUT2D eigenvalue weighted by molar-refractivity contribution is -0.116. The molecule has 148 valence electrons. The van der Waals surface area contributed by atoms with Crippen molar-refractivity contribution in [3.8, 4) is 11.3 Å². The van der Waals surface area contributed by atoms with E-state index in [1.54, 1.807) is 6.20 Å². The maximum Gasteiger partial charge on any atom is 0.226 e. The summed E-state index contributed by atoms with van der Waals surface area (Å²) in [6, 6.07) is 8.29. The van der Waals surface area contributed by atoms with Crippen molar-refractivity contribution in [2.45, 2.75) is 39.2 Å². The highest BCUT2D eigenvalue weighted by molar-refractivity contribution is 7.13. The van der Waals surface area contributed by atoms with Crippen LogP contribution in [0.3, 0.4) is 0 Å². The summed E-state index contributed by atoms with van der Waals surface area (Å²) in [5.41, 5.74) is 3.23. The number of benzene rings is 1. The number of hydrogen-bond acceptors (Lipinski definition) is 6. The standard InChI is InChI=1S/C21H26N4O2S/c1-14(2)15-5-7-16(8-6-15)18-11-22-20(27-18)10-9-19(26)24-21-23-17(13-28-21)12-25(3)4/h5-8,11,13-14H,9-10,12H2,1-4H3,(H,23,24,26). The van der Waals surface area contributed by atoms with Gasteiger partial charge in [-0.1, -0.05) is 38.1 Å². The van der Waals surface area contributed by atoms with Crippen molar-refractivity contribution in [3.63, 3.8) is 0 Å². The zero-order chi connectivity index (χ0) is 20.1. The molecule has 0 radical (unpaired) electrons. The second kappa shape index (κ2) is 9.12. The average Bonchev–Trinajstić information content (AvgIpc) is 3.29. The highest BCUT2D eigenvalue weighted by Gasteiger charge is 2.11. The number of thiazole rings is 1. The Balaban J connectivity index is 1.52. The molecule has 0 aliphatic heterocycles. The van der Waals surface area contributed by atoms with Gasteiger partial charge in [0.15, 0.2) is 16.8 Å². The number of nitrogens with zero attached hydrogens (tertiary/aromatic N) is 3. The summed E-state index contributed by atoms with van der Waals surface area (Å²) in [6.45, 7) is 5.09. The fourth-order valence-corrected chi connectivity index (χ4v) is 3.47. The first-order valence-electron chi connectivity index (χ1n) is 9.34. The lowest BCUT2D eigenvalue weighted by Crippen LogP contribution is -2.13. The Morgan fingerprint density at radius 2 is 2.00 bits per heavy atom. The Bertz CT molecular complexity index is 913. The first kappa shape index (κ1) is 20.2. The van der Waals surface area contributed by atoms with Gasteiger partial charge in [-0.2, -0.15) is 0 Å². The number of aryl methyl sites for hydroxylation is 1. The number of aromatic nitrogens is 2. The minimum atomic E-state index is -0.0909. The van der Waals surface area contributed by atoms with Gasteiger partial charge < -0.3 is 14.6 Å².